The lowest BCUT2D eigenvalue weighted by Gasteiger charge is -2.32. The topological polar surface area (TPSA) is 20.2 Å². The molecule has 2 unspecified atom stereocenters. The Kier molecular flexibility index (Phi) is 2.46. The molecule has 1 aromatic carbocycles. The zero-order chi connectivity index (χ0) is 11.1. The zero-order valence-electron chi connectivity index (χ0n) is 7.96. The molecular formula is C11H11F3O. The highest BCUT2D eigenvalue weighted by molar-refractivity contribution is 5.39. The molecule has 1 aliphatic rings. The highest BCUT2D eigenvalue weighted by atomic mass is 19.4. The second kappa shape index (κ2) is 3.52. The predicted octanol–water partition coefficient (Wildman–Crippen LogP) is 2.64. The van der Waals surface area contributed by atoms with Crippen LogP contribution in [0.15, 0.2) is 24.3 Å². The van der Waals surface area contributed by atoms with Crippen molar-refractivity contribution in [2.24, 2.45) is 0 Å². The maximum absolute atomic E-state index is 12.1. The fourth-order valence-electron chi connectivity index (χ4n) is 1.98. The number of halogens is 3. The SMILES string of the molecule is OC(CC1Cc2ccccc21)C(F)(F)F. The average Bonchev–Trinajstić information content (AvgIpc) is 2.12. The average molecular weight is 216 g/mol. The molecule has 1 nitrogen and oxygen atoms in total. The van der Waals surface area contributed by atoms with Crippen molar-refractivity contribution < 1.29 is 18.3 Å². The maximum atomic E-state index is 12.1. The summed E-state index contributed by atoms with van der Waals surface area (Å²) in [6.07, 6.45) is -6.27. The van der Waals surface area contributed by atoms with E-state index in [1.807, 2.05) is 24.3 Å². The van der Waals surface area contributed by atoms with Crippen molar-refractivity contribution in [1.29, 1.82) is 0 Å². The van der Waals surface area contributed by atoms with E-state index < -0.39 is 12.3 Å². The fraction of sp³-hybridized carbons (Fsp3) is 0.455. The number of benzene rings is 1. The minimum absolute atomic E-state index is 0.141. The van der Waals surface area contributed by atoms with Gasteiger partial charge >= 0.3 is 6.18 Å². The number of rotatable bonds is 2. The summed E-state index contributed by atoms with van der Waals surface area (Å²) < 4.78 is 36.3. The lowest BCUT2D eigenvalue weighted by atomic mass is 9.75. The minimum atomic E-state index is -4.50. The second-order valence-electron chi connectivity index (χ2n) is 3.89. The van der Waals surface area contributed by atoms with Gasteiger partial charge in [-0.05, 0) is 29.9 Å². The van der Waals surface area contributed by atoms with Gasteiger partial charge in [0.1, 0.15) is 6.10 Å². The van der Waals surface area contributed by atoms with Crippen molar-refractivity contribution in [3.8, 4) is 0 Å². The van der Waals surface area contributed by atoms with Gasteiger partial charge in [0.2, 0.25) is 0 Å². The first kappa shape index (κ1) is 10.5. The number of hydrogen-bond donors (Lipinski definition) is 1. The molecule has 0 aliphatic heterocycles. The summed E-state index contributed by atoms with van der Waals surface area (Å²) in [4.78, 5) is 0. The summed E-state index contributed by atoms with van der Waals surface area (Å²) in [6.45, 7) is 0. The molecule has 82 valence electrons. The summed E-state index contributed by atoms with van der Waals surface area (Å²) in [6, 6.07) is 7.42. The summed E-state index contributed by atoms with van der Waals surface area (Å²) in [7, 11) is 0. The maximum Gasteiger partial charge on any atom is 0.414 e. The minimum Gasteiger partial charge on any atom is -0.384 e. The monoisotopic (exact) mass is 216 g/mol. The Bertz CT molecular complexity index is 359. The lowest BCUT2D eigenvalue weighted by molar-refractivity contribution is -0.207. The molecule has 0 saturated heterocycles. The molecule has 1 aliphatic carbocycles. The Hall–Kier alpha value is -1.03. The number of hydrogen-bond acceptors (Lipinski definition) is 1. The Morgan fingerprint density at radius 1 is 1.33 bits per heavy atom. The van der Waals surface area contributed by atoms with E-state index in [1.165, 1.54) is 0 Å². The van der Waals surface area contributed by atoms with Gasteiger partial charge in [-0.2, -0.15) is 13.2 Å². The molecular weight excluding hydrogens is 205 g/mol. The molecule has 2 atom stereocenters. The van der Waals surface area contributed by atoms with E-state index >= 15 is 0 Å². The molecule has 0 spiro atoms. The molecule has 1 aromatic rings. The molecule has 2 rings (SSSR count). The van der Waals surface area contributed by atoms with E-state index in [9.17, 15) is 13.2 Å². The summed E-state index contributed by atoms with van der Waals surface area (Å²) in [5, 5.41) is 8.92. The third-order valence-electron chi connectivity index (χ3n) is 2.85. The van der Waals surface area contributed by atoms with E-state index in [-0.39, 0.29) is 12.3 Å². The van der Waals surface area contributed by atoms with Gasteiger partial charge in [0.05, 0.1) is 0 Å². The highest BCUT2D eigenvalue weighted by Gasteiger charge is 2.41. The van der Waals surface area contributed by atoms with Gasteiger partial charge in [-0.1, -0.05) is 24.3 Å². The molecule has 0 aromatic heterocycles. The van der Waals surface area contributed by atoms with E-state index in [0.717, 1.165) is 11.1 Å². The quantitative estimate of drug-likeness (QED) is 0.805. The Labute approximate surface area is 85.5 Å². The van der Waals surface area contributed by atoms with Crippen LogP contribution < -0.4 is 0 Å². The van der Waals surface area contributed by atoms with E-state index in [4.69, 9.17) is 5.11 Å². The van der Waals surface area contributed by atoms with Crippen LogP contribution in [-0.2, 0) is 6.42 Å². The Balaban J connectivity index is 2.01. The predicted molar refractivity (Wildman–Crippen MR) is 49.6 cm³/mol. The molecule has 15 heavy (non-hydrogen) atoms. The lowest BCUT2D eigenvalue weighted by Crippen LogP contribution is -2.32. The summed E-state index contributed by atoms with van der Waals surface area (Å²) in [5.41, 5.74) is 2.04. The summed E-state index contributed by atoms with van der Waals surface area (Å²) in [5.74, 6) is -0.141. The number of alkyl halides is 3. The van der Waals surface area contributed by atoms with Crippen LogP contribution in [0.5, 0.6) is 0 Å². The highest BCUT2D eigenvalue weighted by Crippen LogP contribution is 2.40. The van der Waals surface area contributed by atoms with Crippen LogP contribution in [0, 0.1) is 0 Å². The van der Waals surface area contributed by atoms with Gasteiger partial charge in [-0.15, -0.1) is 0 Å². The van der Waals surface area contributed by atoms with Gasteiger partial charge < -0.3 is 5.11 Å². The second-order valence-corrected chi connectivity index (χ2v) is 3.89. The van der Waals surface area contributed by atoms with Crippen LogP contribution in [0.4, 0.5) is 13.2 Å². The van der Waals surface area contributed by atoms with Gasteiger partial charge in [-0.25, -0.2) is 0 Å². The third kappa shape index (κ3) is 2.00. The first-order valence-corrected chi connectivity index (χ1v) is 4.81. The van der Waals surface area contributed by atoms with Crippen molar-refractivity contribution in [3.05, 3.63) is 35.4 Å². The van der Waals surface area contributed by atoms with Gasteiger partial charge in [0, 0.05) is 0 Å². The van der Waals surface area contributed by atoms with E-state index in [2.05, 4.69) is 0 Å². The molecule has 0 amide bonds. The first-order chi connectivity index (χ1) is 6.98. The van der Waals surface area contributed by atoms with E-state index in [1.54, 1.807) is 0 Å². The van der Waals surface area contributed by atoms with Crippen molar-refractivity contribution in [2.75, 3.05) is 0 Å². The molecule has 0 saturated carbocycles. The van der Waals surface area contributed by atoms with Crippen LogP contribution in [0.1, 0.15) is 23.5 Å². The molecule has 4 heteroatoms. The molecule has 0 bridgehead atoms. The van der Waals surface area contributed by atoms with Crippen LogP contribution >= 0.6 is 0 Å². The first-order valence-electron chi connectivity index (χ1n) is 4.81. The fourth-order valence-corrected chi connectivity index (χ4v) is 1.98. The molecule has 0 fully saturated rings. The normalized spacial score (nSPS) is 21.7. The van der Waals surface area contributed by atoms with E-state index in [0.29, 0.717) is 6.42 Å². The van der Waals surface area contributed by atoms with Crippen molar-refractivity contribution in [1.82, 2.24) is 0 Å². The summed E-state index contributed by atoms with van der Waals surface area (Å²) >= 11 is 0. The number of aliphatic hydroxyl groups excluding tert-OH is 1. The smallest absolute Gasteiger partial charge is 0.384 e. The van der Waals surface area contributed by atoms with Crippen molar-refractivity contribution in [2.45, 2.75) is 31.0 Å². The standard InChI is InChI=1S/C11H11F3O/c12-11(13,14)10(15)6-8-5-7-3-1-2-4-9(7)8/h1-4,8,10,15H,5-6H2. The largest absolute Gasteiger partial charge is 0.414 e. The van der Waals surface area contributed by atoms with Crippen LogP contribution in [0.25, 0.3) is 0 Å². The van der Waals surface area contributed by atoms with Gasteiger partial charge in [-0.3, -0.25) is 0 Å². The molecule has 1 N–H and O–H groups in total. The Morgan fingerprint density at radius 2 is 2.00 bits per heavy atom. The van der Waals surface area contributed by atoms with Crippen LogP contribution in [-0.4, -0.2) is 17.4 Å². The Morgan fingerprint density at radius 3 is 2.60 bits per heavy atom. The van der Waals surface area contributed by atoms with Gasteiger partial charge in [0.15, 0.2) is 0 Å². The third-order valence-corrected chi connectivity index (χ3v) is 2.85. The van der Waals surface area contributed by atoms with Crippen molar-refractivity contribution in [3.63, 3.8) is 0 Å². The van der Waals surface area contributed by atoms with Crippen molar-refractivity contribution >= 4 is 0 Å². The molecule has 0 radical (unpaired) electrons. The zero-order valence-corrected chi connectivity index (χ0v) is 7.96. The van der Waals surface area contributed by atoms with Crippen LogP contribution in [0.3, 0.4) is 0 Å². The number of fused-ring (bicyclic) bond motifs is 1. The van der Waals surface area contributed by atoms with Gasteiger partial charge in [0.25, 0.3) is 0 Å². The number of aliphatic hydroxyl groups is 1. The molecule has 0 heterocycles. The van der Waals surface area contributed by atoms with Crippen LogP contribution in [0.2, 0.25) is 0 Å².